The molecule has 2 N–H and O–H groups in total. The molecule has 0 aromatic heterocycles. The molecule has 112 valence electrons. The van der Waals surface area contributed by atoms with Crippen molar-refractivity contribution in [2.75, 3.05) is 25.0 Å². The van der Waals surface area contributed by atoms with Gasteiger partial charge in [0.2, 0.25) is 5.91 Å². The Kier molecular flexibility index (Phi) is 3.23. The van der Waals surface area contributed by atoms with Crippen molar-refractivity contribution in [3.8, 4) is 5.75 Å². The third-order valence-corrected chi connectivity index (χ3v) is 4.03. The van der Waals surface area contributed by atoms with Gasteiger partial charge in [0.15, 0.2) is 6.10 Å². The summed E-state index contributed by atoms with van der Waals surface area (Å²) in [5.41, 5.74) is 0.0348. The highest BCUT2D eigenvalue weighted by molar-refractivity contribution is 5.93. The van der Waals surface area contributed by atoms with E-state index in [1.54, 1.807) is 18.7 Å². The van der Waals surface area contributed by atoms with Crippen molar-refractivity contribution in [3.05, 3.63) is 24.3 Å². The molecule has 2 amide bonds. The molecule has 0 radical (unpaired) electrons. The van der Waals surface area contributed by atoms with Gasteiger partial charge in [-0.1, -0.05) is 12.1 Å². The van der Waals surface area contributed by atoms with Gasteiger partial charge in [-0.15, -0.1) is 0 Å². The van der Waals surface area contributed by atoms with E-state index >= 15 is 0 Å². The largest absolute Gasteiger partial charge is 0.477 e. The van der Waals surface area contributed by atoms with Crippen LogP contribution in [0, 0.1) is 0 Å². The van der Waals surface area contributed by atoms with E-state index in [2.05, 4.69) is 10.6 Å². The van der Waals surface area contributed by atoms with Crippen molar-refractivity contribution in [2.45, 2.75) is 25.5 Å². The molecule has 2 aliphatic heterocycles. The summed E-state index contributed by atoms with van der Waals surface area (Å²) in [6, 6.07) is 7.52. The minimum Gasteiger partial charge on any atom is -0.477 e. The molecule has 6 nitrogen and oxygen atoms in total. The molecule has 1 unspecified atom stereocenters. The van der Waals surface area contributed by atoms with Crippen molar-refractivity contribution in [1.29, 1.82) is 0 Å². The molecule has 6 heteroatoms. The fourth-order valence-electron chi connectivity index (χ4n) is 2.71. The van der Waals surface area contributed by atoms with Crippen molar-refractivity contribution in [3.63, 3.8) is 0 Å². The second-order valence-electron chi connectivity index (χ2n) is 5.79. The molecule has 3 rings (SSSR count). The molecule has 1 aromatic carbocycles. The van der Waals surface area contributed by atoms with Crippen LogP contribution in [0.1, 0.15) is 13.8 Å². The van der Waals surface area contributed by atoms with Crippen molar-refractivity contribution in [1.82, 2.24) is 10.2 Å². The zero-order chi connectivity index (χ0) is 15.0. The van der Waals surface area contributed by atoms with Crippen molar-refractivity contribution < 1.29 is 14.3 Å². The first-order valence-corrected chi connectivity index (χ1v) is 7.09. The Morgan fingerprint density at radius 3 is 2.90 bits per heavy atom. The van der Waals surface area contributed by atoms with Crippen LogP contribution in [0.2, 0.25) is 0 Å². The Hall–Kier alpha value is -2.24. The normalized spacial score (nSPS) is 23.4. The Morgan fingerprint density at radius 1 is 1.33 bits per heavy atom. The molecule has 2 aliphatic rings. The van der Waals surface area contributed by atoms with Gasteiger partial charge in [0.05, 0.1) is 12.2 Å². The molecule has 2 heterocycles. The average molecular weight is 289 g/mol. The summed E-state index contributed by atoms with van der Waals surface area (Å²) in [6.07, 6.45) is -0.606. The Labute approximate surface area is 123 Å². The first kappa shape index (κ1) is 13.7. The molecule has 1 aromatic rings. The number of amides is 2. The van der Waals surface area contributed by atoms with Crippen LogP contribution >= 0.6 is 0 Å². The maximum absolute atomic E-state index is 12.7. The summed E-state index contributed by atoms with van der Waals surface area (Å²) in [5.74, 6) is 0.379. The van der Waals surface area contributed by atoms with Gasteiger partial charge >= 0.3 is 0 Å². The zero-order valence-corrected chi connectivity index (χ0v) is 12.2. The lowest BCUT2D eigenvalue weighted by molar-refractivity contribution is -0.153. The van der Waals surface area contributed by atoms with Gasteiger partial charge in [0.25, 0.3) is 5.91 Å². The fourth-order valence-corrected chi connectivity index (χ4v) is 2.71. The SMILES string of the molecule is CC1(C)C(=O)NCCN1C(=O)C1CNc2ccccc2O1. The third kappa shape index (κ3) is 2.30. The third-order valence-electron chi connectivity index (χ3n) is 4.03. The molecule has 0 aliphatic carbocycles. The summed E-state index contributed by atoms with van der Waals surface area (Å²) in [7, 11) is 0. The lowest BCUT2D eigenvalue weighted by Crippen LogP contribution is -2.66. The number of benzene rings is 1. The van der Waals surface area contributed by atoms with Crippen LogP contribution in [0.3, 0.4) is 0 Å². The van der Waals surface area contributed by atoms with E-state index in [1.165, 1.54) is 0 Å². The van der Waals surface area contributed by atoms with Crippen LogP contribution in [0.4, 0.5) is 5.69 Å². The Balaban J connectivity index is 1.79. The summed E-state index contributed by atoms with van der Waals surface area (Å²) in [5, 5.41) is 5.98. The Morgan fingerprint density at radius 2 is 2.10 bits per heavy atom. The predicted molar refractivity (Wildman–Crippen MR) is 78.1 cm³/mol. The van der Waals surface area contributed by atoms with Crippen molar-refractivity contribution >= 4 is 17.5 Å². The van der Waals surface area contributed by atoms with Gasteiger partial charge in [-0.3, -0.25) is 9.59 Å². The summed E-state index contributed by atoms with van der Waals surface area (Å²) in [6.45, 7) is 4.89. The minimum atomic E-state index is -0.852. The second-order valence-corrected chi connectivity index (χ2v) is 5.79. The van der Waals surface area contributed by atoms with Gasteiger partial charge in [-0.05, 0) is 26.0 Å². The average Bonchev–Trinajstić information content (AvgIpc) is 2.49. The highest BCUT2D eigenvalue weighted by Gasteiger charge is 2.43. The number of carbonyl (C=O) groups is 2. The Bertz CT molecular complexity index is 585. The van der Waals surface area contributed by atoms with Gasteiger partial charge in [0, 0.05) is 13.1 Å². The van der Waals surface area contributed by atoms with Crippen LogP contribution in [-0.4, -0.2) is 48.0 Å². The number of nitrogens with zero attached hydrogens (tertiary/aromatic N) is 1. The smallest absolute Gasteiger partial charge is 0.266 e. The molecule has 1 atom stereocenters. The van der Waals surface area contributed by atoms with E-state index in [0.29, 0.717) is 25.4 Å². The number of hydrogen-bond acceptors (Lipinski definition) is 4. The quantitative estimate of drug-likeness (QED) is 0.794. The van der Waals surface area contributed by atoms with E-state index < -0.39 is 11.6 Å². The number of ether oxygens (including phenoxy) is 1. The lowest BCUT2D eigenvalue weighted by atomic mass is 9.98. The highest BCUT2D eigenvalue weighted by Crippen LogP contribution is 2.29. The molecule has 0 bridgehead atoms. The maximum atomic E-state index is 12.7. The first-order valence-electron chi connectivity index (χ1n) is 7.09. The number of nitrogens with one attached hydrogen (secondary N) is 2. The molecule has 1 fully saturated rings. The second kappa shape index (κ2) is 4.95. The van der Waals surface area contributed by atoms with Crippen LogP contribution in [-0.2, 0) is 9.59 Å². The molecule has 1 saturated heterocycles. The van der Waals surface area contributed by atoms with Crippen LogP contribution < -0.4 is 15.4 Å². The molecule has 0 saturated carbocycles. The van der Waals surface area contributed by atoms with Gasteiger partial charge in [0.1, 0.15) is 11.3 Å². The van der Waals surface area contributed by atoms with Gasteiger partial charge in [-0.2, -0.15) is 0 Å². The number of rotatable bonds is 1. The monoisotopic (exact) mass is 289 g/mol. The highest BCUT2D eigenvalue weighted by atomic mass is 16.5. The standard InChI is InChI=1S/C15H19N3O3/c1-15(2)14(20)16-7-8-18(15)13(19)12-9-17-10-5-3-4-6-11(10)21-12/h3-6,12,17H,7-9H2,1-2H3,(H,16,20). The van der Waals surface area contributed by atoms with E-state index in [9.17, 15) is 9.59 Å². The number of anilines is 1. The number of carbonyl (C=O) groups excluding carboxylic acids is 2. The van der Waals surface area contributed by atoms with Crippen LogP contribution in [0.15, 0.2) is 24.3 Å². The molecule has 0 spiro atoms. The lowest BCUT2D eigenvalue weighted by Gasteiger charge is -2.43. The molecular weight excluding hydrogens is 270 g/mol. The van der Waals surface area contributed by atoms with Gasteiger partial charge < -0.3 is 20.3 Å². The number of fused-ring (bicyclic) bond motifs is 1. The maximum Gasteiger partial charge on any atom is 0.266 e. The van der Waals surface area contributed by atoms with E-state index in [1.807, 2.05) is 24.3 Å². The minimum absolute atomic E-state index is 0.133. The van der Waals surface area contributed by atoms with E-state index in [0.717, 1.165) is 5.69 Å². The van der Waals surface area contributed by atoms with Crippen molar-refractivity contribution in [2.24, 2.45) is 0 Å². The molecular formula is C15H19N3O3. The predicted octanol–water partition coefficient (Wildman–Crippen LogP) is 0.597. The fraction of sp³-hybridized carbons (Fsp3) is 0.467. The number of para-hydroxylation sites is 2. The van der Waals surface area contributed by atoms with E-state index in [4.69, 9.17) is 4.74 Å². The van der Waals surface area contributed by atoms with E-state index in [-0.39, 0.29) is 11.8 Å². The van der Waals surface area contributed by atoms with Gasteiger partial charge in [-0.25, -0.2) is 0 Å². The first-order chi connectivity index (χ1) is 10.00. The molecule has 21 heavy (non-hydrogen) atoms. The topological polar surface area (TPSA) is 70.7 Å². The summed E-state index contributed by atoms with van der Waals surface area (Å²) in [4.78, 5) is 26.3. The summed E-state index contributed by atoms with van der Waals surface area (Å²) >= 11 is 0. The number of piperazine rings is 1. The zero-order valence-electron chi connectivity index (χ0n) is 12.2. The number of hydrogen-bond donors (Lipinski definition) is 2. The van der Waals surface area contributed by atoms with Crippen LogP contribution in [0.25, 0.3) is 0 Å². The van der Waals surface area contributed by atoms with Crippen LogP contribution in [0.5, 0.6) is 5.75 Å². The summed E-state index contributed by atoms with van der Waals surface area (Å²) < 4.78 is 5.79.